The van der Waals surface area contributed by atoms with Crippen LogP contribution in [0.3, 0.4) is 0 Å². The monoisotopic (exact) mass is 379 g/mol. The van der Waals surface area contributed by atoms with Gasteiger partial charge in [-0.3, -0.25) is 4.79 Å². The first-order valence-electron chi connectivity index (χ1n) is 6.20. The van der Waals surface area contributed by atoms with Crippen molar-refractivity contribution in [2.75, 3.05) is 0 Å². The number of Topliss-reactive ketones (excluding diaryl/α,β-unsaturated/α-hetero) is 1. The third-order valence-electron chi connectivity index (χ3n) is 3.53. The zero-order valence-electron chi connectivity index (χ0n) is 11.7. The number of carbonyl (C=O) groups excluding carboxylic acids is 1. The van der Waals surface area contributed by atoms with Gasteiger partial charge in [0.1, 0.15) is 9.75 Å². The van der Waals surface area contributed by atoms with Crippen LogP contribution in [0.5, 0.6) is 0 Å². The van der Waals surface area contributed by atoms with E-state index in [1.54, 1.807) is 18.2 Å². The zero-order chi connectivity index (χ0) is 16.8. The number of halogens is 3. The van der Waals surface area contributed by atoms with E-state index in [0.29, 0.717) is 0 Å². The van der Waals surface area contributed by atoms with Crippen molar-refractivity contribution in [2.45, 2.75) is 28.5 Å². The van der Waals surface area contributed by atoms with E-state index in [0.717, 1.165) is 6.08 Å². The third-order valence-corrected chi connectivity index (χ3v) is 6.33. The Balaban J connectivity index is 2.63. The van der Waals surface area contributed by atoms with Gasteiger partial charge in [-0.05, 0) is 32.1 Å². The molecular weight excluding hydrogens is 369 g/mol. The van der Waals surface area contributed by atoms with Crippen molar-refractivity contribution in [3.8, 4) is 0 Å². The van der Waals surface area contributed by atoms with Crippen LogP contribution in [0.4, 0.5) is 0 Å². The molecule has 2 atom stereocenters. The van der Waals surface area contributed by atoms with Gasteiger partial charge >= 0.3 is 0 Å². The fourth-order valence-corrected chi connectivity index (χ4v) is 3.76. The van der Waals surface area contributed by atoms with Crippen LogP contribution in [-0.4, -0.2) is 29.7 Å². The SMILES string of the molecule is C[C@]1(Cl)C(=O)C(Cl)=CC(=NS(=O)(=O)c2ccccc2)[C@]1(C)Cl. The van der Waals surface area contributed by atoms with Gasteiger partial charge in [0, 0.05) is 0 Å². The van der Waals surface area contributed by atoms with Crippen molar-refractivity contribution in [1.29, 1.82) is 0 Å². The highest BCUT2D eigenvalue weighted by Gasteiger charge is 2.54. The van der Waals surface area contributed by atoms with E-state index >= 15 is 0 Å². The summed E-state index contributed by atoms with van der Waals surface area (Å²) in [6.45, 7) is 2.81. The molecule has 22 heavy (non-hydrogen) atoms. The lowest BCUT2D eigenvalue weighted by Gasteiger charge is -2.38. The van der Waals surface area contributed by atoms with Crippen LogP contribution in [-0.2, 0) is 14.8 Å². The normalized spacial score (nSPS) is 31.2. The van der Waals surface area contributed by atoms with E-state index in [4.69, 9.17) is 34.8 Å². The Bertz CT molecular complexity index is 781. The molecule has 1 aliphatic rings. The van der Waals surface area contributed by atoms with Gasteiger partial charge in [-0.15, -0.1) is 23.2 Å². The summed E-state index contributed by atoms with van der Waals surface area (Å²) in [6.07, 6.45) is 1.14. The Labute approximate surface area is 143 Å². The predicted molar refractivity (Wildman–Crippen MR) is 88.5 cm³/mol. The van der Waals surface area contributed by atoms with E-state index in [1.165, 1.54) is 26.0 Å². The molecule has 1 aliphatic carbocycles. The Kier molecular flexibility index (Phi) is 4.48. The van der Waals surface area contributed by atoms with Crippen molar-refractivity contribution in [3.63, 3.8) is 0 Å². The fourth-order valence-electron chi connectivity index (χ4n) is 1.89. The van der Waals surface area contributed by atoms with Crippen LogP contribution < -0.4 is 0 Å². The second-order valence-corrected chi connectivity index (χ2v) is 8.62. The van der Waals surface area contributed by atoms with Gasteiger partial charge in [-0.2, -0.15) is 12.8 Å². The lowest BCUT2D eigenvalue weighted by atomic mass is 9.81. The van der Waals surface area contributed by atoms with Crippen molar-refractivity contribution < 1.29 is 13.2 Å². The molecule has 0 unspecified atom stereocenters. The first kappa shape index (κ1) is 17.5. The number of carbonyl (C=O) groups is 1. The van der Waals surface area contributed by atoms with E-state index in [9.17, 15) is 13.2 Å². The third kappa shape index (κ3) is 2.83. The van der Waals surface area contributed by atoms with Crippen molar-refractivity contribution >= 4 is 56.3 Å². The lowest BCUT2D eigenvalue weighted by Crippen LogP contribution is -2.55. The number of hydrogen-bond donors (Lipinski definition) is 0. The van der Waals surface area contributed by atoms with Gasteiger partial charge < -0.3 is 0 Å². The molecule has 2 rings (SSSR count). The summed E-state index contributed by atoms with van der Waals surface area (Å²) >= 11 is 18.4. The minimum Gasteiger partial charge on any atom is -0.291 e. The summed E-state index contributed by atoms with van der Waals surface area (Å²) in [5.41, 5.74) is -0.0832. The molecule has 0 fully saturated rings. The smallest absolute Gasteiger partial charge is 0.282 e. The topological polar surface area (TPSA) is 63.6 Å². The Morgan fingerprint density at radius 2 is 1.59 bits per heavy atom. The van der Waals surface area contributed by atoms with Crippen LogP contribution in [0.15, 0.2) is 50.7 Å². The fraction of sp³-hybridized carbons (Fsp3) is 0.286. The number of nitrogens with zero attached hydrogens (tertiary/aromatic N) is 1. The molecule has 118 valence electrons. The molecule has 0 bridgehead atoms. The molecule has 0 saturated carbocycles. The average Bonchev–Trinajstić information content (AvgIpc) is 2.44. The number of rotatable bonds is 2. The number of hydrogen-bond acceptors (Lipinski definition) is 3. The molecule has 0 radical (unpaired) electrons. The summed E-state index contributed by atoms with van der Waals surface area (Å²) < 4.78 is 28.4. The molecular formula is C14H12Cl3NO3S. The highest BCUT2D eigenvalue weighted by atomic mass is 35.5. The number of sulfonamides is 1. The van der Waals surface area contributed by atoms with Crippen LogP contribution in [0, 0.1) is 0 Å². The second-order valence-electron chi connectivity index (χ2n) is 5.09. The molecule has 8 heteroatoms. The van der Waals surface area contributed by atoms with Crippen molar-refractivity contribution in [2.24, 2.45) is 4.40 Å². The number of ketones is 1. The summed E-state index contributed by atoms with van der Waals surface area (Å²) in [5, 5.41) is -0.211. The summed E-state index contributed by atoms with van der Waals surface area (Å²) in [6, 6.07) is 7.65. The summed E-state index contributed by atoms with van der Waals surface area (Å²) in [4.78, 5) is 8.90. The molecule has 1 aromatic rings. The zero-order valence-corrected chi connectivity index (χ0v) is 14.8. The Hall–Kier alpha value is -0.880. The van der Waals surface area contributed by atoms with E-state index in [2.05, 4.69) is 4.40 Å². The number of alkyl halides is 2. The minimum absolute atomic E-state index is 0.00710. The molecule has 0 heterocycles. The van der Waals surface area contributed by atoms with Crippen LogP contribution >= 0.6 is 34.8 Å². The van der Waals surface area contributed by atoms with Crippen LogP contribution in [0.2, 0.25) is 0 Å². The summed E-state index contributed by atoms with van der Waals surface area (Å²) in [5.74, 6) is -0.579. The van der Waals surface area contributed by atoms with E-state index in [-0.39, 0.29) is 15.6 Å². The Morgan fingerprint density at radius 1 is 1.05 bits per heavy atom. The molecule has 0 aromatic heterocycles. The highest BCUT2D eigenvalue weighted by Crippen LogP contribution is 2.43. The van der Waals surface area contributed by atoms with Gasteiger partial charge in [0.25, 0.3) is 10.0 Å². The molecule has 0 N–H and O–H groups in total. The number of allylic oxidation sites excluding steroid dienone is 2. The lowest BCUT2D eigenvalue weighted by molar-refractivity contribution is -0.117. The van der Waals surface area contributed by atoms with Gasteiger partial charge in [-0.25, -0.2) is 0 Å². The Morgan fingerprint density at radius 3 is 2.14 bits per heavy atom. The molecule has 0 aliphatic heterocycles. The second kappa shape index (κ2) is 5.64. The molecule has 0 amide bonds. The van der Waals surface area contributed by atoms with Gasteiger partial charge in [0.05, 0.1) is 15.6 Å². The maximum absolute atomic E-state index is 12.3. The summed E-state index contributed by atoms with van der Waals surface area (Å²) in [7, 11) is -3.99. The van der Waals surface area contributed by atoms with Crippen molar-refractivity contribution in [1.82, 2.24) is 0 Å². The van der Waals surface area contributed by atoms with Gasteiger partial charge in [0.2, 0.25) is 0 Å². The largest absolute Gasteiger partial charge is 0.291 e. The van der Waals surface area contributed by atoms with E-state index < -0.39 is 25.6 Å². The first-order chi connectivity index (χ1) is 10.00. The number of benzene rings is 1. The first-order valence-corrected chi connectivity index (χ1v) is 8.78. The van der Waals surface area contributed by atoms with Gasteiger partial charge in [-0.1, -0.05) is 29.8 Å². The molecule has 0 spiro atoms. The highest BCUT2D eigenvalue weighted by molar-refractivity contribution is 7.90. The average molecular weight is 381 g/mol. The quantitative estimate of drug-likeness (QED) is 0.737. The van der Waals surface area contributed by atoms with Crippen LogP contribution in [0.1, 0.15) is 13.8 Å². The molecule has 1 aromatic carbocycles. The van der Waals surface area contributed by atoms with Crippen LogP contribution in [0.25, 0.3) is 0 Å². The predicted octanol–water partition coefficient (Wildman–Crippen LogP) is 3.52. The maximum atomic E-state index is 12.3. The molecule has 4 nitrogen and oxygen atoms in total. The molecule has 0 saturated heterocycles. The van der Waals surface area contributed by atoms with Gasteiger partial charge in [0.15, 0.2) is 5.78 Å². The van der Waals surface area contributed by atoms with Crippen molar-refractivity contribution in [3.05, 3.63) is 41.4 Å². The maximum Gasteiger partial charge on any atom is 0.282 e. The van der Waals surface area contributed by atoms with E-state index in [1.807, 2.05) is 0 Å². The standard InChI is InChI=1S/C14H12Cl3NO3S/c1-13(16)11(8-10(15)12(19)14(13,2)17)18-22(20,21)9-6-4-3-5-7-9/h3-8H,1-2H3/t13-,14-/m0/s1. The minimum atomic E-state index is -3.99.